The molecule has 188 valence electrons. The average molecular weight is 536 g/mol. The number of carbonyl (C=O) groups is 1. The normalized spacial score (nSPS) is 15.4. The molecule has 0 bridgehead atoms. The lowest BCUT2D eigenvalue weighted by atomic mass is 9.96. The minimum Gasteiger partial charge on any atom is -0.467 e. The summed E-state index contributed by atoms with van der Waals surface area (Å²) in [5.41, 5.74) is -0.0335. The van der Waals surface area contributed by atoms with Crippen LogP contribution < -0.4 is 4.90 Å². The van der Waals surface area contributed by atoms with Gasteiger partial charge in [-0.2, -0.15) is 4.31 Å². The highest BCUT2D eigenvalue weighted by atomic mass is 32.2. The molecule has 0 N–H and O–H groups in total. The molecular weight excluding hydrogens is 515 g/mol. The number of benzene rings is 2. The number of fused-ring (bicyclic) bond motifs is 1. The largest absolute Gasteiger partial charge is 0.467 e. The van der Waals surface area contributed by atoms with Crippen LogP contribution in [0, 0.1) is 23.4 Å². The Bertz CT molecular complexity index is 1500. The number of furan rings is 1. The van der Waals surface area contributed by atoms with Crippen molar-refractivity contribution < 1.29 is 30.8 Å². The summed E-state index contributed by atoms with van der Waals surface area (Å²) in [7, 11) is -3.83. The Hall–Kier alpha value is -3.22. The first-order valence-electron chi connectivity index (χ1n) is 11.1. The van der Waals surface area contributed by atoms with Crippen molar-refractivity contribution in [2.45, 2.75) is 24.3 Å². The number of nitrogens with zero attached hydrogens (tertiary/aromatic N) is 3. The molecule has 0 atom stereocenters. The standard InChI is InChI=1S/C24H20F3N3O4S2/c25-16-3-5-19(6-4-16)36(32,33)29-9-7-15(8-10-29)23(31)30(14-18-2-1-11-34-18)24-28-22-20(27)12-17(26)13-21(22)35-24/h1-6,11-13,15H,7-10,14H2. The second-order valence-electron chi connectivity index (χ2n) is 8.37. The number of hydrogen-bond acceptors (Lipinski definition) is 6. The van der Waals surface area contributed by atoms with Crippen molar-refractivity contribution in [3.8, 4) is 0 Å². The molecule has 2 aromatic heterocycles. The van der Waals surface area contributed by atoms with E-state index in [4.69, 9.17) is 4.42 Å². The van der Waals surface area contributed by atoms with Crippen molar-refractivity contribution in [1.29, 1.82) is 0 Å². The van der Waals surface area contributed by atoms with E-state index in [2.05, 4.69) is 4.98 Å². The van der Waals surface area contributed by atoms with Gasteiger partial charge in [0.15, 0.2) is 10.9 Å². The van der Waals surface area contributed by atoms with Crippen LogP contribution in [-0.4, -0.2) is 36.7 Å². The molecule has 1 saturated heterocycles. The van der Waals surface area contributed by atoms with Gasteiger partial charge in [0.25, 0.3) is 0 Å². The van der Waals surface area contributed by atoms with Gasteiger partial charge in [-0.25, -0.2) is 26.6 Å². The smallest absolute Gasteiger partial charge is 0.243 e. The molecule has 1 aliphatic rings. The number of aromatic nitrogens is 1. The van der Waals surface area contributed by atoms with Gasteiger partial charge in [-0.1, -0.05) is 11.3 Å². The van der Waals surface area contributed by atoms with Crippen LogP contribution in [0.15, 0.2) is 64.1 Å². The number of rotatable bonds is 6. The number of hydrogen-bond donors (Lipinski definition) is 0. The zero-order valence-electron chi connectivity index (χ0n) is 18.7. The summed E-state index contributed by atoms with van der Waals surface area (Å²) >= 11 is 0.986. The van der Waals surface area contributed by atoms with Crippen LogP contribution in [0.25, 0.3) is 10.2 Å². The van der Waals surface area contributed by atoms with E-state index < -0.39 is 33.4 Å². The summed E-state index contributed by atoms with van der Waals surface area (Å²) in [5.74, 6) is -2.46. The minimum atomic E-state index is -3.83. The zero-order chi connectivity index (χ0) is 25.4. The summed E-state index contributed by atoms with van der Waals surface area (Å²) in [6.07, 6.45) is 1.97. The molecule has 0 spiro atoms. The summed E-state index contributed by atoms with van der Waals surface area (Å²) < 4.78 is 74.0. The molecule has 0 aliphatic carbocycles. The van der Waals surface area contributed by atoms with Gasteiger partial charge in [0, 0.05) is 25.1 Å². The molecule has 5 rings (SSSR count). The molecule has 0 saturated carbocycles. The Morgan fingerprint density at radius 2 is 1.81 bits per heavy atom. The Balaban J connectivity index is 1.37. The van der Waals surface area contributed by atoms with Gasteiger partial charge in [-0.05, 0) is 55.3 Å². The van der Waals surface area contributed by atoms with Gasteiger partial charge in [-0.3, -0.25) is 9.69 Å². The molecule has 7 nitrogen and oxygen atoms in total. The van der Waals surface area contributed by atoms with Crippen molar-refractivity contribution in [3.63, 3.8) is 0 Å². The average Bonchev–Trinajstić information content (AvgIpc) is 3.52. The fourth-order valence-electron chi connectivity index (χ4n) is 4.18. The van der Waals surface area contributed by atoms with E-state index >= 15 is 0 Å². The number of thiazole rings is 1. The number of anilines is 1. The van der Waals surface area contributed by atoms with Gasteiger partial charge < -0.3 is 4.42 Å². The highest BCUT2D eigenvalue weighted by molar-refractivity contribution is 7.89. The van der Waals surface area contributed by atoms with E-state index in [9.17, 15) is 26.4 Å². The first kappa shape index (κ1) is 24.5. The van der Waals surface area contributed by atoms with E-state index in [1.807, 2.05) is 0 Å². The second-order valence-corrected chi connectivity index (χ2v) is 11.3. The molecule has 2 aromatic carbocycles. The Labute approximate surface area is 208 Å². The fraction of sp³-hybridized carbons (Fsp3) is 0.250. The van der Waals surface area contributed by atoms with Crippen LogP contribution >= 0.6 is 11.3 Å². The first-order valence-corrected chi connectivity index (χ1v) is 13.3. The second kappa shape index (κ2) is 9.68. The topological polar surface area (TPSA) is 83.7 Å². The molecule has 1 aliphatic heterocycles. The van der Waals surface area contributed by atoms with E-state index in [0.29, 0.717) is 5.76 Å². The van der Waals surface area contributed by atoms with Crippen LogP contribution in [-0.2, 0) is 21.4 Å². The number of halogens is 3. The zero-order valence-corrected chi connectivity index (χ0v) is 20.4. The van der Waals surface area contributed by atoms with Crippen molar-refractivity contribution >= 4 is 42.6 Å². The van der Waals surface area contributed by atoms with Gasteiger partial charge in [0.2, 0.25) is 15.9 Å². The lowest BCUT2D eigenvalue weighted by Crippen LogP contribution is -2.44. The maximum absolute atomic E-state index is 14.3. The molecule has 1 amide bonds. The number of carbonyl (C=O) groups excluding carboxylic acids is 1. The molecule has 4 aromatic rings. The Morgan fingerprint density at radius 3 is 2.47 bits per heavy atom. The maximum Gasteiger partial charge on any atom is 0.243 e. The van der Waals surface area contributed by atoms with Crippen LogP contribution in [0.4, 0.5) is 18.3 Å². The fourth-order valence-corrected chi connectivity index (χ4v) is 6.66. The van der Waals surface area contributed by atoms with Gasteiger partial charge in [0.05, 0.1) is 22.4 Å². The number of sulfonamides is 1. The lowest BCUT2D eigenvalue weighted by Gasteiger charge is -2.32. The summed E-state index contributed by atoms with van der Waals surface area (Å²) in [6, 6.07) is 9.85. The lowest BCUT2D eigenvalue weighted by molar-refractivity contribution is -0.123. The van der Waals surface area contributed by atoms with Crippen molar-refractivity contribution in [1.82, 2.24) is 9.29 Å². The number of piperidine rings is 1. The van der Waals surface area contributed by atoms with Crippen molar-refractivity contribution in [3.05, 3.63) is 78.0 Å². The molecule has 1 fully saturated rings. The van der Waals surface area contributed by atoms with Crippen LogP contribution in [0.5, 0.6) is 0 Å². The predicted octanol–water partition coefficient (Wildman–Crippen LogP) is 4.94. The van der Waals surface area contributed by atoms with Gasteiger partial charge >= 0.3 is 0 Å². The van der Waals surface area contributed by atoms with Crippen LogP contribution in [0.1, 0.15) is 18.6 Å². The van der Waals surface area contributed by atoms with Gasteiger partial charge in [-0.15, -0.1) is 0 Å². The Kier molecular flexibility index (Phi) is 6.58. The highest BCUT2D eigenvalue weighted by Gasteiger charge is 2.35. The molecule has 3 heterocycles. The van der Waals surface area contributed by atoms with E-state index in [0.717, 1.165) is 35.6 Å². The van der Waals surface area contributed by atoms with Crippen LogP contribution in [0.3, 0.4) is 0 Å². The Morgan fingerprint density at radius 1 is 1.08 bits per heavy atom. The molecule has 0 unspecified atom stereocenters. The van der Waals surface area contributed by atoms with Crippen molar-refractivity contribution in [2.24, 2.45) is 5.92 Å². The number of amides is 1. The predicted molar refractivity (Wildman–Crippen MR) is 127 cm³/mol. The maximum atomic E-state index is 14.3. The summed E-state index contributed by atoms with van der Waals surface area (Å²) in [5, 5.41) is 0.192. The van der Waals surface area contributed by atoms with E-state index in [-0.39, 0.29) is 58.6 Å². The molecule has 0 radical (unpaired) electrons. The van der Waals surface area contributed by atoms with E-state index in [1.165, 1.54) is 27.6 Å². The monoisotopic (exact) mass is 535 g/mol. The molecule has 36 heavy (non-hydrogen) atoms. The molecule has 12 heteroatoms. The molecular formula is C24H20F3N3O4S2. The third kappa shape index (κ3) is 4.75. The minimum absolute atomic E-state index is 0.0168. The SMILES string of the molecule is O=C(C1CCN(S(=O)(=O)c2ccc(F)cc2)CC1)N(Cc1ccco1)c1nc2c(F)cc(F)cc2s1. The summed E-state index contributed by atoms with van der Waals surface area (Å²) in [4.78, 5) is 19.2. The van der Waals surface area contributed by atoms with Crippen LogP contribution in [0.2, 0.25) is 0 Å². The highest BCUT2D eigenvalue weighted by Crippen LogP contribution is 2.34. The third-order valence-corrected chi connectivity index (χ3v) is 8.99. The van der Waals surface area contributed by atoms with Gasteiger partial charge in [0.1, 0.15) is 22.9 Å². The quantitative estimate of drug-likeness (QED) is 0.349. The van der Waals surface area contributed by atoms with Crippen molar-refractivity contribution in [2.75, 3.05) is 18.0 Å². The summed E-state index contributed by atoms with van der Waals surface area (Å²) in [6.45, 7) is 0.235. The third-order valence-electron chi connectivity index (χ3n) is 6.05. The van der Waals surface area contributed by atoms with E-state index in [1.54, 1.807) is 12.1 Å². The first-order chi connectivity index (χ1) is 17.2.